The average Bonchev–Trinajstić information content (AvgIpc) is 2.27. The summed E-state index contributed by atoms with van der Waals surface area (Å²) in [6.07, 6.45) is 0.574. The van der Waals surface area contributed by atoms with Crippen LogP contribution in [-0.2, 0) is 9.53 Å². The second-order valence-electron chi connectivity index (χ2n) is 4.18. The number of morpholine rings is 1. The molecule has 4 nitrogen and oxygen atoms in total. The maximum absolute atomic E-state index is 11.1. The molecule has 0 saturated carbocycles. The number of amides is 1. The summed E-state index contributed by atoms with van der Waals surface area (Å²) in [5.41, 5.74) is 0. The van der Waals surface area contributed by atoms with E-state index in [2.05, 4.69) is 17.1 Å². The van der Waals surface area contributed by atoms with Crippen molar-refractivity contribution in [2.45, 2.75) is 20.3 Å². The Morgan fingerprint density at radius 1 is 1.47 bits per heavy atom. The zero-order valence-corrected chi connectivity index (χ0v) is 9.79. The van der Waals surface area contributed by atoms with Crippen molar-refractivity contribution in [3.63, 3.8) is 0 Å². The predicted molar refractivity (Wildman–Crippen MR) is 59.7 cm³/mol. The van der Waals surface area contributed by atoms with E-state index in [4.69, 9.17) is 4.74 Å². The van der Waals surface area contributed by atoms with Gasteiger partial charge in [-0.2, -0.15) is 0 Å². The lowest BCUT2D eigenvalue weighted by atomic mass is 10.1. The van der Waals surface area contributed by atoms with Crippen molar-refractivity contribution in [1.29, 1.82) is 0 Å². The molecule has 1 rings (SSSR count). The van der Waals surface area contributed by atoms with Gasteiger partial charge in [-0.1, -0.05) is 13.8 Å². The Balaban J connectivity index is 2.11. The van der Waals surface area contributed by atoms with E-state index in [9.17, 15) is 4.79 Å². The van der Waals surface area contributed by atoms with Crippen molar-refractivity contribution in [3.05, 3.63) is 0 Å². The Morgan fingerprint density at radius 3 is 2.73 bits per heavy atom. The number of ether oxygens (including phenoxy) is 1. The molecule has 4 heteroatoms. The molecular weight excluding hydrogens is 192 g/mol. The first kappa shape index (κ1) is 12.5. The van der Waals surface area contributed by atoms with Gasteiger partial charge in [0.2, 0.25) is 5.91 Å². The monoisotopic (exact) mass is 214 g/mol. The van der Waals surface area contributed by atoms with E-state index in [-0.39, 0.29) is 5.91 Å². The van der Waals surface area contributed by atoms with E-state index in [1.165, 1.54) is 0 Å². The van der Waals surface area contributed by atoms with E-state index in [1.54, 1.807) is 0 Å². The van der Waals surface area contributed by atoms with Crippen molar-refractivity contribution in [1.82, 2.24) is 10.2 Å². The van der Waals surface area contributed by atoms with Gasteiger partial charge in [-0.15, -0.1) is 0 Å². The molecule has 0 radical (unpaired) electrons. The number of nitrogens with zero attached hydrogens (tertiary/aromatic N) is 1. The van der Waals surface area contributed by atoms with E-state index in [1.807, 2.05) is 6.92 Å². The van der Waals surface area contributed by atoms with Crippen molar-refractivity contribution < 1.29 is 9.53 Å². The molecule has 88 valence electrons. The molecule has 1 N–H and O–H groups in total. The van der Waals surface area contributed by atoms with Gasteiger partial charge in [0.05, 0.1) is 13.2 Å². The van der Waals surface area contributed by atoms with Gasteiger partial charge in [0.15, 0.2) is 0 Å². The highest BCUT2D eigenvalue weighted by molar-refractivity contribution is 5.75. The summed E-state index contributed by atoms with van der Waals surface area (Å²) in [6.45, 7) is 9.60. The van der Waals surface area contributed by atoms with Crippen LogP contribution in [-0.4, -0.2) is 50.2 Å². The molecule has 1 atom stereocenters. The summed E-state index contributed by atoms with van der Waals surface area (Å²) in [4.78, 5) is 13.5. The third-order valence-electron chi connectivity index (χ3n) is 2.64. The standard InChI is InChI=1S/C11H22N2O2/c1-3-11(14)12-8-10(2)9-13-4-6-15-7-5-13/h10H,3-9H2,1-2H3,(H,12,14). The molecular formula is C11H22N2O2. The first-order chi connectivity index (χ1) is 7.22. The van der Waals surface area contributed by atoms with Crippen LogP contribution in [0.25, 0.3) is 0 Å². The van der Waals surface area contributed by atoms with Gasteiger partial charge in [0, 0.05) is 32.6 Å². The van der Waals surface area contributed by atoms with Gasteiger partial charge in [-0.05, 0) is 5.92 Å². The second kappa shape index (κ2) is 6.80. The largest absolute Gasteiger partial charge is 0.379 e. The van der Waals surface area contributed by atoms with E-state index < -0.39 is 0 Å². The van der Waals surface area contributed by atoms with E-state index in [0.717, 1.165) is 39.4 Å². The van der Waals surface area contributed by atoms with Crippen molar-refractivity contribution >= 4 is 5.91 Å². The molecule has 1 amide bonds. The number of hydrogen-bond donors (Lipinski definition) is 1. The number of nitrogens with one attached hydrogen (secondary N) is 1. The first-order valence-electron chi connectivity index (χ1n) is 5.79. The fourth-order valence-corrected chi connectivity index (χ4v) is 1.70. The third-order valence-corrected chi connectivity index (χ3v) is 2.64. The number of carbonyl (C=O) groups excluding carboxylic acids is 1. The number of rotatable bonds is 5. The van der Waals surface area contributed by atoms with Crippen LogP contribution in [0, 0.1) is 5.92 Å². The zero-order valence-electron chi connectivity index (χ0n) is 9.79. The molecule has 0 aromatic carbocycles. The molecule has 0 spiro atoms. The normalized spacial score (nSPS) is 19.9. The lowest BCUT2D eigenvalue weighted by Gasteiger charge is -2.29. The summed E-state index contributed by atoms with van der Waals surface area (Å²) in [5, 5.41) is 2.92. The molecule has 0 aromatic heterocycles. The van der Waals surface area contributed by atoms with E-state index in [0.29, 0.717) is 12.3 Å². The average molecular weight is 214 g/mol. The van der Waals surface area contributed by atoms with Crippen LogP contribution in [0.3, 0.4) is 0 Å². The van der Waals surface area contributed by atoms with Crippen LogP contribution in [0.1, 0.15) is 20.3 Å². The van der Waals surface area contributed by atoms with Gasteiger partial charge >= 0.3 is 0 Å². The molecule has 1 saturated heterocycles. The van der Waals surface area contributed by atoms with Crippen LogP contribution in [0.4, 0.5) is 0 Å². The summed E-state index contributed by atoms with van der Waals surface area (Å²) >= 11 is 0. The minimum Gasteiger partial charge on any atom is -0.379 e. The summed E-state index contributed by atoms with van der Waals surface area (Å²) in [5.74, 6) is 0.655. The van der Waals surface area contributed by atoms with Gasteiger partial charge in [0.25, 0.3) is 0 Å². The zero-order chi connectivity index (χ0) is 11.1. The van der Waals surface area contributed by atoms with Gasteiger partial charge in [-0.3, -0.25) is 9.69 Å². The Morgan fingerprint density at radius 2 is 2.13 bits per heavy atom. The smallest absolute Gasteiger partial charge is 0.219 e. The first-order valence-corrected chi connectivity index (χ1v) is 5.79. The van der Waals surface area contributed by atoms with Gasteiger partial charge in [0.1, 0.15) is 0 Å². The molecule has 0 aliphatic carbocycles. The minimum atomic E-state index is 0.142. The molecule has 15 heavy (non-hydrogen) atoms. The molecule has 1 fully saturated rings. The lowest BCUT2D eigenvalue weighted by molar-refractivity contribution is -0.120. The van der Waals surface area contributed by atoms with Crippen LogP contribution >= 0.6 is 0 Å². The SMILES string of the molecule is CCC(=O)NCC(C)CN1CCOCC1. The highest BCUT2D eigenvalue weighted by Gasteiger charge is 2.13. The van der Waals surface area contributed by atoms with E-state index >= 15 is 0 Å². The van der Waals surface area contributed by atoms with Gasteiger partial charge in [-0.25, -0.2) is 0 Å². The fraction of sp³-hybridized carbons (Fsp3) is 0.909. The molecule has 1 heterocycles. The predicted octanol–water partition coefficient (Wildman–Crippen LogP) is 0.481. The molecule has 0 bridgehead atoms. The molecule has 0 aromatic rings. The van der Waals surface area contributed by atoms with Crippen LogP contribution < -0.4 is 5.32 Å². The molecule has 1 aliphatic rings. The van der Waals surface area contributed by atoms with Crippen molar-refractivity contribution in [2.24, 2.45) is 5.92 Å². The van der Waals surface area contributed by atoms with Crippen molar-refractivity contribution in [2.75, 3.05) is 39.4 Å². The maximum atomic E-state index is 11.1. The second-order valence-corrected chi connectivity index (χ2v) is 4.18. The van der Waals surface area contributed by atoms with Crippen molar-refractivity contribution in [3.8, 4) is 0 Å². The quantitative estimate of drug-likeness (QED) is 0.724. The Hall–Kier alpha value is -0.610. The van der Waals surface area contributed by atoms with Crippen LogP contribution in [0.5, 0.6) is 0 Å². The number of carbonyl (C=O) groups is 1. The highest BCUT2D eigenvalue weighted by atomic mass is 16.5. The van der Waals surface area contributed by atoms with Gasteiger partial charge < -0.3 is 10.1 Å². The summed E-state index contributed by atoms with van der Waals surface area (Å²) in [6, 6.07) is 0. The Labute approximate surface area is 92.0 Å². The minimum absolute atomic E-state index is 0.142. The Kier molecular flexibility index (Phi) is 5.65. The Bertz CT molecular complexity index is 191. The maximum Gasteiger partial charge on any atom is 0.219 e. The molecule has 1 aliphatic heterocycles. The van der Waals surface area contributed by atoms with Crippen LogP contribution in [0.2, 0.25) is 0 Å². The summed E-state index contributed by atoms with van der Waals surface area (Å²) in [7, 11) is 0. The topological polar surface area (TPSA) is 41.6 Å². The third kappa shape index (κ3) is 5.14. The lowest BCUT2D eigenvalue weighted by Crippen LogP contribution is -2.41. The van der Waals surface area contributed by atoms with Crippen LogP contribution in [0.15, 0.2) is 0 Å². The number of hydrogen-bond acceptors (Lipinski definition) is 3. The fourth-order valence-electron chi connectivity index (χ4n) is 1.70. The highest BCUT2D eigenvalue weighted by Crippen LogP contribution is 2.02. The summed E-state index contributed by atoms with van der Waals surface area (Å²) < 4.78 is 5.29. The molecule has 1 unspecified atom stereocenters.